The number of rotatable bonds is 2. The smallest absolute Gasteiger partial charge is 0.335 e. The monoisotopic (exact) mass is 276 g/mol. The van der Waals surface area contributed by atoms with E-state index in [0.717, 1.165) is 24.1 Å². The van der Waals surface area contributed by atoms with Gasteiger partial charge in [0.05, 0.1) is 11.9 Å². The number of carboxylic acids is 1. The first-order valence-corrected chi connectivity index (χ1v) is 5.79. The SMILES string of the molecule is Cl.O=C(O)c1ccc2c(c1)C=C(n1ccnc1)CC2. The molecule has 0 bridgehead atoms. The maximum atomic E-state index is 11.0. The van der Waals surface area contributed by atoms with E-state index in [1.165, 1.54) is 5.56 Å². The van der Waals surface area contributed by atoms with Gasteiger partial charge in [0.1, 0.15) is 0 Å². The highest BCUT2D eigenvalue weighted by atomic mass is 35.5. The molecule has 1 aliphatic rings. The normalized spacial score (nSPS) is 13.2. The lowest BCUT2D eigenvalue weighted by Gasteiger charge is -2.17. The number of fused-ring (bicyclic) bond motifs is 1. The molecule has 2 aromatic rings. The summed E-state index contributed by atoms with van der Waals surface area (Å²) in [5.74, 6) is -0.888. The topological polar surface area (TPSA) is 55.1 Å². The number of carboxylic acid groups (broad SMARTS) is 1. The van der Waals surface area contributed by atoms with Crippen LogP contribution in [0.15, 0.2) is 36.9 Å². The average Bonchev–Trinajstić information content (AvgIpc) is 2.91. The molecule has 0 amide bonds. The first-order valence-electron chi connectivity index (χ1n) is 5.79. The maximum Gasteiger partial charge on any atom is 0.335 e. The fourth-order valence-electron chi connectivity index (χ4n) is 2.24. The lowest BCUT2D eigenvalue weighted by Crippen LogP contribution is -2.05. The van der Waals surface area contributed by atoms with Gasteiger partial charge < -0.3 is 9.67 Å². The molecule has 0 saturated carbocycles. The average molecular weight is 277 g/mol. The van der Waals surface area contributed by atoms with Crippen LogP contribution in [0.1, 0.15) is 27.9 Å². The van der Waals surface area contributed by atoms with E-state index < -0.39 is 5.97 Å². The number of nitrogens with zero attached hydrogens (tertiary/aromatic N) is 2. The van der Waals surface area contributed by atoms with E-state index in [-0.39, 0.29) is 12.4 Å². The molecule has 98 valence electrons. The summed E-state index contributed by atoms with van der Waals surface area (Å²) in [7, 11) is 0. The summed E-state index contributed by atoms with van der Waals surface area (Å²) in [6.45, 7) is 0. The highest BCUT2D eigenvalue weighted by Gasteiger charge is 2.13. The molecule has 5 heteroatoms. The van der Waals surface area contributed by atoms with Crippen molar-refractivity contribution in [2.45, 2.75) is 12.8 Å². The second-order valence-electron chi connectivity index (χ2n) is 4.32. The van der Waals surface area contributed by atoms with Crippen LogP contribution >= 0.6 is 12.4 Å². The lowest BCUT2D eigenvalue weighted by molar-refractivity contribution is 0.0697. The van der Waals surface area contributed by atoms with Crippen molar-refractivity contribution in [3.05, 3.63) is 53.6 Å². The maximum absolute atomic E-state index is 11.0. The summed E-state index contributed by atoms with van der Waals surface area (Å²) in [5.41, 5.74) is 3.66. The molecule has 0 unspecified atom stereocenters. The van der Waals surface area contributed by atoms with E-state index in [2.05, 4.69) is 4.98 Å². The van der Waals surface area contributed by atoms with Gasteiger partial charge in [0.15, 0.2) is 0 Å². The highest BCUT2D eigenvalue weighted by Crippen LogP contribution is 2.27. The Morgan fingerprint density at radius 3 is 2.84 bits per heavy atom. The van der Waals surface area contributed by atoms with Crippen LogP contribution in [0.3, 0.4) is 0 Å². The molecule has 1 heterocycles. The number of aromatic carboxylic acids is 1. The van der Waals surface area contributed by atoms with Gasteiger partial charge in [-0.3, -0.25) is 0 Å². The third kappa shape index (κ3) is 2.53. The van der Waals surface area contributed by atoms with Crippen LogP contribution < -0.4 is 0 Å². The Kier molecular flexibility index (Phi) is 3.71. The van der Waals surface area contributed by atoms with Crippen LogP contribution in [-0.2, 0) is 6.42 Å². The Bertz CT molecular complexity index is 633. The van der Waals surface area contributed by atoms with Gasteiger partial charge in [0, 0.05) is 18.1 Å². The van der Waals surface area contributed by atoms with Crippen molar-refractivity contribution in [1.82, 2.24) is 9.55 Å². The zero-order valence-electron chi connectivity index (χ0n) is 10.1. The number of aryl methyl sites for hydroxylation is 1. The third-order valence-electron chi connectivity index (χ3n) is 3.20. The number of hydrogen-bond donors (Lipinski definition) is 1. The number of carbonyl (C=O) groups is 1. The minimum absolute atomic E-state index is 0. The van der Waals surface area contributed by atoms with E-state index in [4.69, 9.17) is 5.11 Å². The first-order chi connectivity index (χ1) is 8.74. The molecular weight excluding hydrogens is 264 g/mol. The fourth-order valence-corrected chi connectivity index (χ4v) is 2.24. The quantitative estimate of drug-likeness (QED) is 0.917. The van der Waals surface area contributed by atoms with Crippen LogP contribution in [0, 0.1) is 0 Å². The summed E-state index contributed by atoms with van der Waals surface area (Å²) in [6.07, 6.45) is 9.31. The van der Waals surface area contributed by atoms with Crippen LogP contribution in [0.2, 0.25) is 0 Å². The van der Waals surface area contributed by atoms with Crippen molar-refractivity contribution >= 4 is 30.1 Å². The van der Waals surface area contributed by atoms with Gasteiger partial charge in [-0.05, 0) is 42.2 Å². The Labute approximate surface area is 116 Å². The van der Waals surface area contributed by atoms with E-state index in [9.17, 15) is 4.79 Å². The number of allylic oxidation sites excluding steroid dienone is 1. The van der Waals surface area contributed by atoms with Crippen LogP contribution in [0.5, 0.6) is 0 Å². The van der Waals surface area contributed by atoms with Gasteiger partial charge in [-0.15, -0.1) is 12.4 Å². The summed E-state index contributed by atoms with van der Waals surface area (Å²) >= 11 is 0. The minimum Gasteiger partial charge on any atom is -0.478 e. The van der Waals surface area contributed by atoms with Crippen molar-refractivity contribution in [2.75, 3.05) is 0 Å². The molecule has 1 aliphatic carbocycles. The largest absolute Gasteiger partial charge is 0.478 e. The zero-order chi connectivity index (χ0) is 12.5. The number of halogens is 1. The Hall–Kier alpha value is -2.07. The molecule has 3 rings (SSSR count). The molecule has 0 spiro atoms. The van der Waals surface area contributed by atoms with Crippen LogP contribution in [-0.4, -0.2) is 20.6 Å². The number of imidazole rings is 1. The van der Waals surface area contributed by atoms with Crippen LogP contribution in [0.25, 0.3) is 11.8 Å². The predicted octanol–water partition coefficient (Wildman–Crippen LogP) is 2.95. The minimum atomic E-state index is -0.888. The molecule has 4 nitrogen and oxygen atoms in total. The van der Waals surface area contributed by atoms with Gasteiger partial charge in [0.25, 0.3) is 0 Å². The predicted molar refractivity (Wildman–Crippen MR) is 75.4 cm³/mol. The van der Waals surface area contributed by atoms with Gasteiger partial charge in [-0.2, -0.15) is 0 Å². The lowest BCUT2D eigenvalue weighted by atomic mass is 9.93. The summed E-state index contributed by atoms with van der Waals surface area (Å²) in [6, 6.07) is 5.30. The molecule has 0 radical (unpaired) electrons. The molecule has 0 fully saturated rings. The second-order valence-corrected chi connectivity index (χ2v) is 4.32. The molecule has 0 atom stereocenters. The van der Waals surface area contributed by atoms with Crippen molar-refractivity contribution in [3.8, 4) is 0 Å². The van der Waals surface area contributed by atoms with Gasteiger partial charge in [0.2, 0.25) is 0 Å². The Morgan fingerprint density at radius 2 is 2.16 bits per heavy atom. The third-order valence-corrected chi connectivity index (χ3v) is 3.20. The summed E-state index contributed by atoms with van der Waals surface area (Å²) in [4.78, 5) is 15.0. The Morgan fingerprint density at radius 1 is 1.32 bits per heavy atom. The van der Waals surface area contributed by atoms with Crippen molar-refractivity contribution in [1.29, 1.82) is 0 Å². The van der Waals surface area contributed by atoms with Crippen molar-refractivity contribution in [2.24, 2.45) is 0 Å². The summed E-state index contributed by atoms with van der Waals surface area (Å²) in [5, 5.41) is 9.00. The summed E-state index contributed by atoms with van der Waals surface area (Å²) < 4.78 is 1.97. The zero-order valence-corrected chi connectivity index (χ0v) is 10.9. The molecule has 1 N–H and O–H groups in total. The molecule has 0 saturated heterocycles. The molecule has 0 aliphatic heterocycles. The number of hydrogen-bond acceptors (Lipinski definition) is 2. The van der Waals surface area contributed by atoms with E-state index >= 15 is 0 Å². The van der Waals surface area contributed by atoms with E-state index in [1.807, 2.05) is 22.9 Å². The van der Waals surface area contributed by atoms with Gasteiger partial charge in [-0.25, -0.2) is 9.78 Å². The van der Waals surface area contributed by atoms with Crippen molar-refractivity contribution < 1.29 is 9.90 Å². The first kappa shape index (κ1) is 13.4. The van der Waals surface area contributed by atoms with Gasteiger partial charge >= 0.3 is 5.97 Å². The molecule has 19 heavy (non-hydrogen) atoms. The fraction of sp³-hybridized carbons (Fsp3) is 0.143. The number of benzene rings is 1. The standard InChI is InChI=1S/C14H12N2O2.ClH/c17-14(18)11-2-1-10-3-4-13(8-12(10)7-11)16-6-5-15-9-16;/h1-2,5-9H,3-4H2,(H,17,18);1H. The molecule has 1 aromatic carbocycles. The van der Waals surface area contributed by atoms with Crippen LogP contribution in [0.4, 0.5) is 0 Å². The molecular formula is C14H13ClN2O2. The number of aromatic nitrogens is 2. The highest BCUT2D eigenvalue weighted by molar-refractivity contribution is 5.89. The van der Waals surface area contributed by atoms with Gasteiger partial charge in [-0.1, -0.05) is 6.07 Å². The second kappa shape index (κ2) is 5.28. The molecule has 1 aromatic heterocycles. The van der Waals surface area contributed by atoms with Crippen molar-refractivity contribution in [3.63, 3.8) is 0 Å². The Balaban J connectivity index is 0.00000133. The van der Waals surface area contributed by atoms with E-state index in [0.29, 0.717) is 5.56 Å². The van der Waals surface area contributed by atoms with E-state index in [1.54, 1.807) is 24.7 Å².